The zero-order valence-electron chi connectivity index (χ0n) is 17.8. The van der Waals surface area contributed by atoms with Crippen LogP contribution in [0.4, 0.5) is 11.7 Å². The minimum atomic E-state index is -0.413. The molecule has 5 rings (SSSR count). The number of carbonyl (C=O) groups excluding carboxylic acids is 2. The minimum Gasteiger partial charge on any atom is -0.403 e. The van der Waals surface area contributed by atoms with Crippen molar-refractivity contribution >= 4 is 56.5 Å². The molecule has 0 fully saturated rings. The van der Waals surface area contributed by atoms with Gasteiger partial charge in [-0.1, -0.05) is 47.0 Å². The van der Waals surface area contributed by atoms with Crippen molar-refractivity contribution in [2.45, 2.75) is 6.92 Å². The van der Waals surface area contributed by atoms with Crippen molar-refractivity contribution in [3.05, 3.63) is 93.8 Å². The summed E-state index contributed by atoms with van der Waals surface area (Å²) in [5, 5.41) is 14.5. The molecule has 0 saturated carbocycles. The fraction of sp³-hybridized carbons (Fsp3) is 0.0400. The lowest BCUT2D eigenvalue weighted by molar-refractivity contribution is 0.101. The molecule has 0 aliphatic carbocycles. The van der Waals surface area contributed by atoms with Crippen LogP contribution in [0.15, 0.2) is 77.2 Å². The number of nitrogens with one attached hydrogen (secondary N) is 2. The van der Waals surface area contributed by atoms with Gasteiger partial charge in [0.2, 0.25) is 5.89 Å². The molecule has 2 aromatic heterocycles. The second kappa shape index (κ2) is 9.09. The molecule has 2 N–H and O–H groups in total. The van der Waals surface area contributed by atoms with Gasteiger partial charge in [0.25, 0.3) is 11.8 Å². The van der Waals surface area contributed by atoms with Crippen LogP contribution in [0, 0.1) is 6.92 Å². The van der Waals surface area contributed by atoms with Crippen LogP contribution in [0.3, 0.4) is 0 Å². The maximum absolute atomic E-state index is 12.8. The van der Waals surface area contributed by atoms with E-state index in [0.29, 0.717) is 27.0 Å². The largest absolute Gasteiger partial charge is 0.403 e. The van der Waals surface area contributed by atoms with E-state index in [4.69, 9.17) is 16.0 Å². The Balaban J connectivity index is 1.26. The fourth-order valence-corrected chi connectivity index (χ4v) is 4.86. The number of thiophene rings is 1. The Morgan fingerprint density at radius 3 is 2.44 bits per heavy atom. The van der Waals surface area contributed by atoms with E-state index >= 15 is 0 Å². The van der Waals surface area contributed by atoms with Crippen LogP contribution in [0.2, 0.25) is 5.02 Å². The normalized spacial score (nSPS) is 10.9. The first kappa shape index (κ1) is 21.8. The summed E-state index contributed by atoms with van der Waals surface area (Å²) in [5.41, 5.74) is 2.76. The number of anilines is 2. The standard InChI is InChI=1S/C25H17ClN4O3S/c1-14-7-12-18-19(13-14)34-21(20(18)26)23(32)27-17-10-8-15(9-11-17)22(31)28-25-30-29-24(33-25)16-5-3-2-4-6-16/h2-13H,1H3,(H,27,32)(H,28,30,31). The van der Waals surface area contributed by atoms with Gasteiger partial charge in [0.15, 0.2) is 0 Å². The highest BCUT2D eigenvalue weighted by atomic mass is 35.5. The third-order valence-corrected chi connectivity index (χ3v) is 6.72. The minimum absolute atomic E-state index is 0.00382. The second-order valence-electron chi connectivity index (χ2n) is 7.51. The molecule has 5 aromatic rings. The number of aromatic nitrogens is 2. The molecule has 0 saturated heterocycles. The van der Waals surface area contributed by atoms with Gasteiger partial charge in [-0.05, 0) is 55.0 Å². The van der Waals surface area contributed by atoms with E-state index in [1.54, 1.807) is 24.3 Å². The van der Waals surface area contributed by atoms with Crippen molar-refractivity contribution in [1.82, 2.24) is 10.2 Å². The summed E-state index contributed by atoms with van der Waals surface area (Å²) in [6, 6.07) is 21.6. The van der Waals surface area contributed by atoms with Crippen LogP contribution in [0.5, 0.6) is 0 Å². The monoisotopic (exact) mass is 488 g/mol. The van der Waals surface area contributed by atoms with Crippen LogP contribution in [-0.2, 0) is 0 Å². The first-order valence-electron chi connectivity index (χ1n) is 10.3. The van der Waals surface area contributed by atoms with Gasteiger partial charge in [0.05, 0.1) is 5.02 Å². The molecule has 168 valence electrons. The quantitative estimate of drug-likeness (QED) is 0.297. The van der Waals surface area contributed by atoms with Gasteiger partial charge < -0.3 is 9.73 Å². The summed E-state index contributed by atoms with van der Waals surface area (Å²) in [5.74, 6) is -0.409. The molecular formula is C25H17ClN4O3S. The molecule has 0 aliphatic heterocycles. The second-order valence-corrected chi connectivity index (χ2v) is 8.94. The highest BCUT2D eigenvalue weighted by molar-refractivity contribution is 7.21. The zero-order chi connectivity index (χ0) is 23.7. The highest BCUT2D eigenvalue weighted by Crippen LogP contribution is 2.36. The zero-order valence-corrected chi connectivity index (χ0v) is 19.4. The number of carbonyl (C=O) groups is 2. The topological polar surface area (TPSA) is 97.1 Å². The van der Waals surface area contributed by atoms with Gasteiger partial charge in [-0.15, -0.1) is 16.4 Å². The Kier molecular flexibility index (Phi) is 5.83. The first-order valence-corrected chi connectivity index (χ1v) is 11.5. The summed E-state index contributed by atoms with van der Waals surface area (Å²) in [6.45, 7) is 1.99. The molecule has 3 aromatic carbocycles. The van der Waals surface area contributed by atoms with Crippen molar-refractivity contribution in [1.29, 1.82) is 0 Å². The molecule has 0 unspecified atom stereocenters. The van der Waals surface area contributed by atoms with Crippen LogP contribution >= 0.6 is 22.9 Å². The summed E-state index contributed by atoms with van der Waals surface area (Å²) in [6.07, 6.45) is 0. The molecule has 2 heterocycles. The first-order chi connectivity index (χ1) is 16.5. The van der Waals surface area contributed by atoms with Crippen LogP contribution in [0.1, 0.15) is 25.6 Å². The molecule has 0 spiro atoms. The molecular weight excluding hydrogens is 472 g/mol. The lowest BCUT2D eigenvalue weighted by Gasteiger charge is -2.06. The number of hydrogen-bond donors (Lipinski definition) is 2. The molecule has 0 bridgehead atoms. The number of rotatable bonds is 5. The summed E-state index contributed by atoms with van der Waals surface area (Å²) < 4.78 is 6.47. The highest BCUT2D eigenvalue weighted by Gasteiger charge is 2.18. The van der Waals surface area contributed by atoms with Gasteiger partial charge in [0.1, 0.15) is 4.88 Å². The van der Waals surface area contributed by atoms with E-state index in [-0.39, 0.29) is 11.9 Å². The lowest BCUT2D eigenvalue weighted by atomic mass is 10.2. The van der Waals surface area contributed by atoms with Crippen molar-refractivity contribution in [2.24, 2.45) is 0 Å². The van der Waals surface area contributed by atoms with E-state index < -0.39 is 5.91 Å². The van der Waals surface area contributed by atoms with E-state index in [1.807, 2.05) is 55.5 Å². The number of nitrogens with zero attached hydrogens (tertiary/aromatic N) is 2. The van der Waals surface area contributed by atoms with E-state index in [2.05, 4.69) is 20.8 Å². The Hall–Kier alpha value is -4.01. The Morgan fingerprint density at radius 2 is 1.68 bits per heavy atom. The number of hydrogen-bond acceptors (Lipinski definition) is 6. The SMILES string of the molecule is Cc1ccc2c(Cl)c(C(=O)Nc3ccc(C(=O)Nc4nnc(-c5ccccc5)o4)cc3)sc2c1. The third kappa shape index (κ3) is 4.41. The van der Waals surface area contributed by atoms with Gasteiger partial charge in [-0.25, -0.2) is 0 Å². The van der Waals surface area contributed by atoms with Crippen molar-refractivity contribution in [2.75, 3.05) is 10.6 Å². The summed E-state index contributed by atoms with van der Waals surface area (Å²) in [7, 11) is 0. The smallest absolute Gasteiger partial charge is 0.322 e. The Bertz CT molecular complexity index is 1510. The van der Waals surface area contributed by atoms with Gasteiger partial charge in [-0.2, -0.15) is 0 Å². The average Bonchev–Trinajstić information content (AvgIpc) is 3.44. The molecule has 0 atom stereocenters. The molecule has 9 heteroatoms. The van der Waals surface area contributed by atoms with Crippen LogP contribution in [0.25, 0.3) is 21.5 Å². The van der Waals surface area contributed by atoms with Crippen molar-refractivity contribution in [3.8, 4) is 11.5 Å². The van der Waals surface area contributed by atoms with Crippen LogP contribution in [-0.4, -0.2) is 22.0 Å². The predicted octanol–water partition coefficient (Wildman–Crippen LogP) is 6.42. The van der Waals surface area contributed by atoms with E-state index in [1.165, 1.54) is 11.3 Å². The fourth-order valence-electron chi connectivity index (χ4n) is 3.35. The third-order valence-electron chi connectivity index (χ3n) is 5.06. The summed E-state index contributed by atoms with van der Waals surface area (Å²) in [4.78, 5) is 25.8. The number of amides is 2. The molecule has 7 nitrogen and oxygen atoms in total. The number of halogens is 1. The molecule has 2 amide bonds. The number of benzene rings is 3. The lowest BCUT2D eigenvalue weighted by Crippen LogP contribution is -2.13. The van der Waals surface area contributed by atoms with Gasteiger partial charge in [-0.3, -0.25) is 14.9 Å². The maximum atomic E-state index is 12.8. The Morgan fingerprint density at radius 1 is 0.912 bits per heavy atom. The number of fused-ring (bicyclic) bond motifs is 1. The Labute approximate surface area is 203 Å². The summed E-state index contributed by atoms with van der Waals surface area (Å²) >= 11 is 7.78. The van der Waals surface area contributed by atoms with Gasteiger partial charge >= 0.3 is 6.01 Å². The van der Waals surface area contributed by atoms with Crippen molar-refractivity contribution in [3.63, 3.8) is 0 Å². The van der Waals surface area contributed by atoms with E-state index in [9.17, 15) is 9.59 Å². The average molecular weight is 489 g/mol. The van der Waals surface area contributed by atoms with Gasteiger partial charge in [0, 0.05) is 26.9 Å². The maximum Gasteiger partial charge on any atom is 0.322 e. The predicted molar refractivity (Wildman–Crippen MR) is 134 cm³/mol. The number of aryl methyl sites for hydroxylation is 1. The van der Waals surface area contributed by atoms with Crippen molar-refractivity contribution < 1.29 is 14.0 Å². The molecule has 34 heavy (non-hydrogen) atoms. The molecule has 0 aliphatic rings. The van der Waals surface area contributed by atoms with E-state index in [0.717, 1.165) is 21.2 Å². The molecule has 0 radical (unpaired) electrons. The van der Waals surface area contributed by atoms with Crippen LogP contribution < -0.4 is 10.6 Å².